The molecule has 5 aromatic rings. The molecule has 6 heteroatoms. The van der Waals surface area contributed by atoms with Crippen LogP contribution in [0.3, 0.4) is 0 Å². The molecule has 2 heterocycles. The zero-order valence-electron chi connectivity index (χ0n) is 25.9. The summed E-state index contributed by atoms with van der Waals surface area (Å²) in [5.74, 6) is -4.25. The van der Waals surface area contributed by atoms with Crippen LogP contribution in [0.2, 0.25) is 0 Å². The van der Waals surface area contributed by atoms with Crippen LogP contribution in [0.4, 0.5) is 11.4 Å². The van der Waals surface area contributed by atoms with Gasteiger partial charge in [0, 0.05) is 22.6 Å². The minimum Gasteiger partial charge on any atom is -0.274 e. The average molecular weight is 627 g/mol. The zero-order chi connectivity index (χ0) is 32.3. The minimum atomic E-state index is -0.619. The Hall–Kier alpha value is -5.62. The van der Waals surface area contributed by atoms with Gasteiger partial charge in [-0.15, -0.1) is 0 Å². The topological polar surface area (TPSA) is 74.8 Å². The van der Waals surface area contributed by atoms with E-state index in [2.05, 4.69) is 24.3 Å². The normalized spacial score (nSPS) is 28.9. The van der Waals surface area contributed by atoms with Gasteiger partial charge in [0.05, 0.1) is 35.0 Å². The lowest BCUT2D eigenvalue weighted by molar-refractivity contribution is -0.129. The molecule has 7 atom stereocenters. The Morgan fingerprint density at radius 2 is 1.02 bits per heavy atom. The first-order chi connectivity index (χ1) is 23.5. The van der Waals surface area contributed by atoms with Crippen molar-refractivity contribution in [2.24, 2.45) is 41.4 Å². The van der Waals surface area contributed by atoms with E-state index < -0.39 is 23.7 Å². The van der Waals surface area contributed by atoms with Crippen molar-refractivity contribution in [2.75, 3.05) is 9.80 Å². The van der Waals surface area contributed by atoms with Gasteiger partial charge < -0.3 is 0 Å². The SMILES string of the molecule is O=C1[C@H]2[C@@H]3C=C[C@@H](C4=C(c5ccccc5)C[C@@H]5C(=O)N(c6cccc7ccccc67)C(=O)[C@H]5[C@H]43)[C@H]2C(=O)N1c1cccc2ccccc12. The van der Waals surface area contributed by atoms with E-state index in [1.54, 1.807) is 0 Å². The van der Waals surface area contributed by atoms with Gasteiger partial charge in [-0.05, 0) is 46.4 Å². The molecule has 5 aromatic carbocycles. The summed E-state index contributed by atoms with van der Waals surface area (Å²) in [5, 5.41) is 3.62. The molecule has 6 aliphatic rings. The van der Waals surface area contributed by atoms with Crippen LogP contribution in [0.1, 0.15) is 12.0 Å². The first kappa shape index (κ1) is 27.5. The Labute approximate surface area is 277 Å². The number of amides is 4. The van der Waals surface area contributed by atoms with Gasteiger partial charge in [-0.3, -0.25) is 19.2 Å². The Bertz CT molecular complexity index is 2310. The molecule has 2 aliphatic heterocycles. The van der Waals surface area contributed by atoms with E-state index in [0.717, 1.165) is 38.3 Å². The second kappa shape index (κ2) is 9.94. The number of carbonyl (C=O) groups excluding carboxylic acids is 4. The van der Waals surface area contributed by atoms with Crippen molar-refractivity contribution in [1.82, 2.24) is 0 Å². The molecular weight excluding hydrogens is 596 g/mol. The monoisotopic (exact) mass is 626 g/mol. The largest absolute Gasteiger partial charge is 0.274 e. The molecule has 0 spiro atoms. The average Bonchev–Trinajstić information content (AvgIpc) is 3.56. The third-order valence-corrected chi connectivity index (χ3v) is 11.6. The summed E-state index contributed by atoms with van der Waals surface area (Å²) in [6.45, 7) is 0. The van der Waals surface area contributed by atoms with Crippen LogP contribution in [-0.4, -0.2) is 23.6 Å². The maximum Gasteiger partial charge on any atom is 0.238 e. The number of fused-ring (bicyclic) bond motifs is 3. The van der Waals surface area contributed by atoms with Crippen LogP contribution >= 0.6 is 0 Å². The number of nitrogens with zero attached hydrogens (tertiary/aromatic N) is 2. The molecule has 0 radical (unpaired) electrons. The van der Waals surface area contributed by atoms with Crippen LogP contribution < -0.4 is 9.80 Å². The third-order valence-electron chi connectivity index (χ3n) is 11.6. The fourth-order valence-corrected chi connectivity index (χ4v) is 9.80. The van der Waals surface area contributed by atoms with E-state index in [9.17, 15) is 19.2 Å². The standard InChI is InChI=1S/C42H30N2O4/c45-39-31-22-30(25-10-2-1-3-11-25)34-28-20-21-29(35(34)38(31)42(48)43(39)32-18-8-14-23-12-4-6-16-26(23)32)37-36(28)40(46)44(41(37)47)33-19-9-15-24-13-5-7-17-27(24)33/h1-21,28-29,31,35-38H,22H2/t28-,29+,31-,35-,36+,37-,38+/m0/s1. The number of hydrogen-bond donors (Lipinski definition) is 0. The summed E-state index contributed by atoms with van der Waals surface area (Å²) in [6.07, 6.45) is 4.58. The highest BCUT2D eigenvalue weighted by Crippen LogP contribution is 2.63. The first-order valence-electron chi connectivity index (χ1n) is 16.7. The number of imide groups is 2. The second-order valence-corrected chi connectivity index (χ2v) is 13.7. The Morgan fingerprint density at radius 3 is 1.69 bits per heavy atom. The predicted octanol–water partition coefficient (Wildman–Crippen LogP) is 7.19. The summed E-state index contributed by atoms with van der Waals surface area (Å²) in [5.41, 5.74) is 4.29. The van der Waals surface area contributed by atoms with E-state index >= 15 is 0 Å². The van der Waals surface area contributed by atoms with Crippen LogP contribution in [-0.2, 0) is 19.2 Å². The van der Waals surface area contributed by atoms with Crippen molar-refractivity contribution in [3.05, 3.63) is 139 Å². The number of hydrogen-bond acceptors (Lipinski definition) is 4. The molecule has 2 bridgehead atoms. The van der Waals surface area contributed by atoms with Crippen molar-refractivity contribution < 1.29 is 19.2 Å². The van der Waals surface area contributed by atoms with E-state index in [4.69, 9.17) is 0 Å². The highest BCUT2D eigenvalue weighted by Gasteiger charge is 2.67. The van der Waals surface area contributed by atoms with Gasteiger partial charge in [0.25, 0.3) is 0 Å². The summed E-state index contributed by atoms with van der Waals surface area (Å²) in [7, 11) is 0. The molecule has 0 unspecified atom stereocenters. The second-order valence-electron chi connectivity index (χ2n) is 13.7. The molecule has 1 saturated carbocycles. The van der Waals surface area contributed by atoms with Gasteiger partial charge in [0.1, 0.15) is 0 Å². The third kappa shape index (κ3) is 3.52. The highest BCUT2D eigenvalue weighted by atomic mass is 16.2. The number of benzene rings is 5. The quantitative estimate of drug-likeness (QED) is 0.157. The molecular formula is C42H30N2O4. The number of anilines is 2. The van der Waals surface area contributed by atoms with Gasteiger partial charge >= 0.3 is 0 Å². The smallest absolute Gasteiger partial charge is 0.238 e. The Morgan fingerprint density at radius 1 is 0.479 bits per heavy atom. The van der Waals surface area contributed by atoms with Crippen molar-refractivity contribution in [3.8, 4) is 0 Å². The zero-order valence-corrected chi connectivity index (χ0v) is 25.9. The Kier molecular flexibility index (Phi) is 5.69. The molecule has 6 nitrogen and oxygen atoms in total. The van der Waals surface area contributed by atoms with Gasteiger partial charge in [0.15, 0.2) is 0 Å². The summed E-state index contributed by atoms with van der Waals surface area (Å²) >= 11 is 0. The Balaban J connectivity index is 1.14. The van der Waals surface area contributed by atoms with Crippen LogP contribution in [0.15, 0.2) is 133 Å². The number of carbonyl (C=O) groups is 4. The summed E-state index contributed by atoms with van der Waals surface area (Å²) in [6, 6.07) is 37.1. The predicted molar refractivity (Wildman–Crippen MR) is 184 cm³/mol. The van der Waals surface area contributed by atoms with Crippen molar-refractivity contribution in [2.45, 2.75) is 6.42 Å². The summed E-state index contributed by atoms with van der Waals surface area (Å²) in [4.78, 5) is 61.2. The van der Waals surface area contributed by atoms with Crippen molar-refractivity contribution in [1.29, 1.82) is 0 Å². The van der Waals surface area contributed by atoms with Crippen LogP contribution in [0.5, 0.6) is 0 Å². The molecule has 11 rings (SSSR count). The van der Waals surface area contributed by atoms with E-state index in [1.807, 2.05) is 103 Å². The highest BCUT2D eigenvalue weighted by molar-refractivity contribution is 6.27. The lowest BCUT2D eigenvalue weighted by Crippen LogP contribution is -2.51. The molecule has 0 aromatic heterocycles. The van der Waals surface area contributed by atoms with Crippen molar-refractivity contribution in [3.63, 3.8) is 0 Å². The van der Waals surface area contributed by atoms with E-state index in [-0.39, 0.29) is 41.4 Å². The van der Waals surface area contributed by atoms with E-state index in [1.165, 1.54) is 9.80 Å². The molecule has 2 saturated heterocycles. The number of rotatable bonds is 3. The van der Waals surface area contributed by atoms with Crippen LogP contribution in [0.25, 0.3) is 27.1 Å². The molecule has 232 valence electrons. The molecule has 4 amide bonds. The molecule has 48 heavy (non-hydrogen) atoms. The van der Waals surface area contributed by atoms with Gasteiger partial charge in [-0.25, -0.2) is 9.80 Å². The molecule has 4 aliphatic carbocycles. The van der Waals surface area contributed by atoms with Gasteiger partial charge in [-0.2, -0.15) is 0 Å². The maximum absolute atomic E-state index is 14.7. The lowest BCUT2D eigenvalue weighted by Gasteiger charge is -2.51. The van der Waals surface area contributed by atoms with E-state index in [0.29, 0.717) is 17.8 Å². The minimum absolute atomic E-state index is 0.188. The van der Waals surface area contributed by atoms with Crippen molar-refractivity contribution >= 4 is 62.1 Å². The molecule has 3 fully saturated rings. The number of allylic oxidation sites excluding steroid dienone is 4. The summed E-state index contributed by atoms with van der Waals surface area (Å²) < 4.78 is 0. The van der Waals surface area contributed by atoms with Gasteiger partial charge in [-0.1, -0.05) is 121 Å². The molecule has 0 N–H and O–H groups in total. The fraction of sp³-hybridized carbons (Fsp3) is 0.190. The van der Waals surface area contributed by atoms with Gasteiger partial charge in [0.2, 0.25) is 23.6 Å². The fourth-order valence-electron chi connectivity index (χ4n) is 9.80. The van der Waals surface area contributed by atoms with Crippen LogP contribution in [0, 0.1) is 41.4 Å². The first-order valence-corrected chi connectivity index (χ1v) is 16.7. The maximum atomic E-state index is 14.7. The lowest BCUT2D eigenvalue weighted by atomic mass is 9.49.